The molecule has 1 aliphatic heterocycles. The third-order valence-electron chi connectivity index (χ3n) is 5.49. The molecular formula is C15H22BrNO. The molecule has 0 aromatic heterocycles. The van der Waals surface area contributed by atoms with Gasteiger partial charge in [0.15, 0.2) is 0 Å². The summed E-state index contributed by atoms with van der Waals surface area (Å²) in [5.41, 5.74) is 3.18. The van der Waals surface area contributed by atoms with E-state index in [1.165, 1.54) is 11.1 Å². The van der Waals surface area contributed by atoms with Crippen molar-refractivity contribution in [2.45, 2.75) is 45.1 Å². The molecule has 2 nitrogen and oxygen atoms in total. The molecule has 2 aliphatic rings. The highest BCUT2D eigenvalue weighted by atomic mass is 79.9. The lowest BCUT2D eigenvalue weighted by molar-refractivity contribution is -0.127. The Bertz CT molecular complexity index is 460. The summed E-state index contributed by atoms with van der Waals surface area (Å²) in [6.45, 7) is 7.80. The van der Waals surface area contributed by atoms with E-state index in [0.717, 1.165) is 19.4 Å². The molecule has 18 heavy (non-hydrogen) atoms. The molecule has 0 amide bonds. The van der Waals surface area contributed by atoms with Crippen LogP contribution in [-0.2, 0) is 11.8 Å². The fraction of sp³-hybridized carbons (Fsp3) is 0.600. The maximum atomic E-state index is 10.1. The number of halogens is 1. The summed E-state index contributed by atoms with van der Waals surface area (Å²) < 4.78 is 0. The first-order valence-corrected chi connectivity index (χ1v) is 6.51. The molecule has 0 bridgehead atoms. The van der Waals surface area contributed by atoms with Crippen LogP contribution in [0.5, 0.6) is 0 Å². The molecule has 100 valence electrons. The van der Waals surface area contributed by atoms with Gasteiger partial charge in [-0.2, -0.15) is 5.06 Å². The zero-order valence-corrected chi connectivity index (χ0v) is 13.0. The Labute approximate surface area is 120 Å². The first-order valence-electron chi connectivity index (χ1n) is 6.51. The second-order valence-electron chi connectivity index (χ2n) is 6.33. The van der Waals surface area contributed by atoms with Crippen LogP contribution in [0.15, 0.2) is 24.3 Å². The zero-order chi connectivity index (χ0) is 12.3. The SMILES string of the molecule is Br.CC1(C)c2ccccc2C[C@@H]2N(O)CC[C@]21C. The first-order chi connectivity index (χ1) is 7.97. The maximum absolute atomic E-state index is 10.1. The number of nitrogens with zero attached hydrogens (tertiary/aromatic N) is 1. The van der Waals surface area contributed by atoms with Gasteiger partial charge in [-0.15, -0.1) is 17.0 Å². The van der Waals surface area contributed by atoms with E-state index in [4.69, 9.17) is 0 Å². The van der Waals surface area contributed by atoms with Crippen molar-refractivity contribution in [3.8, 4) is 0 Å². The van der Waals surface area contributed by atoms with Gasteiger partial charge in [-0.25, -0.2) is 0 Å². The summed E-state index contributed by atoms with van der Waals surface area (Å²) in [5.74, 6) is 0. The lowest BCUT2D eigenvalue weighted by Gasteiger charge is -2.51. The van der Waals surface area contributed by atoms with E-state index in [-0.39, 0.29) is 33.9 Å². The van der Waals surface area contributed by atoms with Gasteiger partial charge in [0, 0.05) is 12.6 Å². The number of rotatable bonds is 0. The summed E-state index contributed by atoms with van der Waals surface area (Å²) in [4.78, 5) is 0. The van der Waals surface area contributed by atoms with Crippen molar-refractivity contribution >= 4 is 17.0 Å². The molecule has 2 atom stereocenters. The van der Waals surface area contributed by atoms with Gasteiger partial charge in [0.2, 0.25) is 0 Å². The van der Waals surface area contributed by atoms with Crippen molar-refractivity contribution in [3.63, 3.8) is 0 Å². The molecule has 1 aromatic carbocycles. The maximum Gasteiger partial charge on any atom is 0.0453 e. The van der Waals surface area contributed by atoms with Crippen molar-refractivity contribution < 1.29 is 5.21 Å². The lowest BCUT2D eigenvalue weighted by atomic mass is 9.54. The Morgan fingerprint density at radius 2 is 1.89 bits per heavy atom. The van der Waals surface area contributed by atoms with E-state index in [9.17, 15) is 5.21 Å². The zero-order valence-electron chi connectivity index (χ0n) is 11.3. The smallest absolute Gasteiger partial charge is 0.0453 e. The van der Waals surface area contributed by atoms with Crippen LogP contribution in [-0.4, -0.2) is 22.9 Å². The van der Waals surface area contributed by atoms with Crippen LogP contribution in [0.4, 0.5) is 0 Å². The fourth-order valence-electron chi connectivity index (χ4n) is 3.88. The van der Waals surface area contributed by atoms with E-state index >= 15 is 0 Å². The summed E-state index contributed by atoms with van der Waals surface area (Å²) in [5, 5.41) is 11.6. The van der Waals surface area contributed by atoms with E-state index < -0.39 is 0 Å². The number of hydroxylamine groups is 2. The van der Waals surface area contributed by atoms with Gasteiger partial charge < -0.3 is 5.21 Å². The highest BCUT2D eigenvalue weighted by Crippen LogP contribution is 2.55. The van der Waals surface area contributed by atoms with Crippen molar-refractivity contribution in [2.24, 2.45) is 5.41 Å². The Balaban J connectivity index is 0.00000120. The number of fused-ring (bicyclic) bond motifs is 2. The molecule has 3 heteroatoms. The predicted octanol–water partition coefficient (Wildman–Crippen LogP) is 3.57. The fourth-order valence-corrected chi connectivity index (χ4v) is 3.88. The monoisotopic (exact) mass is 311 g/mol. The van der Waals surface area contributed by atoms with Gasteiger partial charge in [0.25, 0.3) is 0 Å². The third kappa shape index (κ3) is 1.60. The minimum Gasteiger partial charge on any atom is -0.314 e. The van der Waals surface area contributed by atoms with Crippen LogP contribution in [0.1, 0.15) is 38.3 Å². The molecule has 0 radical (unpaired) electrons. The highest BCUT2D eigenvalue weighted by molar-refractivity contribution is 8.93. The summed E-state index contributed by atoms with van der Waals surface area (Å²) in [7, 11) is 0. The molecule has 1 heterocycles. The molecule has 0 saturated carbocycles. The van der Waals surface area contributed by atoms with E-state index in [0.29, 0.717) is 0 Å². The number of benzene rings is 1. The van der Waals surface area contributed by atoms with Crippen molar-refractivity contribution in [2.75, 3.05) is 6.54 Å². The lowest BCUT2D eigenvalue weighted by Crippen LogP contribution is -2.52. The van der Waals surface area contributed by atoms with E-state index in [2.05, 4.69) is 45.0 Å². The number of hydrogen-bond donors (Lipinski definition) is 1. The van der Waals surface area contributed by atoms with Crippen LogP contribution in [0, 0.1) is 5.41 Å². The molecular weight excluding hydrogens is 290 g/mol. The molecule has 0 spiro atoms. The number of hydrogen-bond acceptors (Lipinski definition) is 2. The van der Waals surface area contributed by atoms with Gasteiger partial charge in [0.05, 0.1) is 0 Å². The summed E-state index contributed by atoms with van der Waals surface area (Å²) in [6.07, 6.45) is 2.06. The van der Waals surface area contributed by atoms with E-state index in [1.807, 2.05) is 0 Å². The Morgan fingerprint density at radius 1 is 1.22 bits per heavy atom. The summed E-state index contributed by atoms with van der Waals surface area (Å²) >= 11 is 0. The highest BCUT2D eigenvalue weighted by Gasteiger charge is 2.56. The second-order valence-corrected chi connectivity index (χ2v) is 6.33. The third-order valence-corrected chi connectivity index (χ3v) is 5.49. The molecule has 1 N–H and O–H groups in total. The molecule has 1 aromatic rings. The van der Waals surface area contributed by atoms with Crippen molar-refractivity contribution in [1.29, 1.82) is 0 Å². The minimum absolute atomic E-state index is 0. The molecule has 1 saturated heterocycles. The quantitative estimate of drug-likeness (QED) is 0.792. The minimum atomic E-state index is 0. The molecule has 1 fully saturated rings. The summed E-state index contributed by atoms with van der Waals surface area (Å²) in [6, 6.07) is 8.98. The molecule has 1 aliphatic carbocycles. The van der Waals surface area contributed by atoms with Gasteiger partial charge >= 0.3 is 0 Å². The van der Waals surface area contributed by atoms with Crippen molar-refractivity contribution in [3.05, 3.63) is 35.4 Å². The molecule has 0 unspecified atom stereocenters. The van der Waals surface area contributed by atoms with Gasteiger partial charge in [-0.3, -0.25) is 0 Å². The first kappa shape index (κ1) is 14.0. The van der Waals surface area contributed by atoms with Crippen LogP contribution in [0.25, 0.3) is 0 Å². The van der Waals surface area contributed by atoms with Crippen molar-refractivity contribution in [1.82, 2.24) is 5.06 Å². The normalized spacial score (nSPS) is 33.4. The van der Waals surface area contributed by atoms with Crippen LogP contribution in [0.2, 0.25) is 0 Å². The second kappa shape index (κ2) is 4.32. The van der Waals surface area contributed by atoms with Gasteiger partial charge in [-0.1, -0.05) is 45.0 Å². The Hall–Kier alpha value is -0.380. The van der Waals surface area contributed by atoms with Gasteiger partial charge in [-0.05, 0) is 34.8 Å². The Morgan fingerprint density at radius 3 is 2.61 bits per heavy atom. The topological polar surface area (TPSA) is 23.5 Å². The average Bonchev–Trinajstić information content (AvgIpc) is 2.59. The van der Waals surface area contributed by atoms with Gasteiger partial charge in [0.1, 0.15) is 0 Å². The standard InChI is InChI=1S/C15H21NO.BrH/c1-14(2)12-7-5-4-6-11(12)10-13-15(14,3)8-9-16(13)17;/h4-7,13,17H,8-10H2,1-3H3;1H/t13-,15+;/m0./s1. The van der Waals surface area contributed by atoms with Crippen LogP contribution in [0.3, 0.4) is 0 Å². The predicted molar refractivity (Wildman–Crippen MR) is 78.5 cm³/mol. The van der Waals surface area contributed by atoms with Crippen LogP contribution >= 0.6 is 17.0 Å². The Kier molecular flexibility index (Phi) is 3.37. The average molecular weight is 312 g/mol. The van der Waals surface area contributed by atoms with E-state index in [1.54, 1.807) is 5.06 Å². The molecule has 3 rings (SSSR count). The van der Waals surface area contributed by atoms with Crippen LogP contribution < -0.4 is 0 Å². The largest absolute Gasteiger partial charge is 0.314 e.